The van der Waals surface area contributed by atoms with Gasteiger partial charge in [0.15, 0.2) is 11.4 Å². The van der Waals surface area contributed by atoms with E-state index in [9.17, 15) is 9.59 Å². The number of nitrogens with zero attached hydrogens (tertiary/aromatic N) is 5. The molecule has 2 saturated carbocycles. The van der Waals surface area contributed by atoms with Crippen molar-refractivity contribution in [2.75, 3.05) is 37.2 Å². The molecule has 0 radical (unpaired) electrons. The van der Waals surface area contributed by atoms with Crippen LogP contribution in [0.4, 0.5) is 11.5 Å². The number of para-hydroxylation sites is 1. The van der Waals surface area contributed by atoms with Crippen molar-refractivity contribution in [3.8, 4) is 22.8 Å². The Hall–Kier alpha value is -4.77. The molecule has 3 heterocycles. The molecule has 2 unspecified atom stereocenters. The number of nitrogens with one attached hydrogen (secondary N) is 2. The predicted octanol–water partition coefficient (Wildman–Crippen LogP) is 8.01. The monoisotopic (exact) mass is 732 g/mol. The third kappa shape index (κ3) is 8.62. The summed E-state index contributed by atoms with van der Waals surface area (Å²) in [4.78, 5) is 36.9. The zero-order chi connectivity index (χ0) is 37.8. The standard InChI is InChI=1S/C43H56N8O3/c1-5-37(52)48-35-24-32(11-12-36(35)54-34-9-7-6-8-10-34)39-38-40(44)46-27-47-41(38)51(49-39)33-14-18-50(19-15-33)20-17-45-42(53)29(3)13-16-43(4)25-30-21-28(2)22-31(23-30)26-43/h5-12,24,27-31,33H,1,13-23,25-26H2,2-4H3,(H,45,53)(H,48,52)(H2,44,46,47)/t28?,29-,30?,31?,43?/m1/s1. The lowest BCUT2D eigenvalue weighted by atomic mass is 9.58. The van der Waals surface area contributed by atoms with Crippen molar-refractivity contribution in [2.24, 2.45) is 29.1 Å². The van der Waals surface area contributed by atoms with Gasteiger partial charge in [0.1, 0.15) is 23.6 Å². The zero-order valence-corrected chi connectivity index (χ0v) is 32.1. The fourth-order valence-electron chi connectivity index (χ4n) is 9.62. The zero-order valence-electron chi connectivity index (χ0n) is 32.1. The minimum Gasteiger partial charge on any atom is -0.455 e. The van der Waals surface area contributed by atoms with Crippen LogP contribution < -0.4 is 21.1 Å². The predicted molar refractivity (Wildman–Crippen MR) is 214 cm³/mol. The Morgan fingerprint density at radius 2 is 1.81 bits per heavy atom. The molecule has 1 aliphatic heterocycles. The van der Waals surface area contributed by atoms with E-state index in [-0.39, 0.29) is 23.8 Å². The highest BCUT2D eigenvalue weighted by Crippen LogP contribution is 2.52. The van der Waals surface area contributed by atoms with Crippen molar-refractivity contribution < 1.29 is 14.3 Å². The lowest BCUT2D eigenvalue weighted by Gasteiger charge is -2.47. The molecular weight excluding hydrogens is 677 g/mol. The Bertz CT molecular complexity index is 1930. The highest BCUT2D eigenvalue weighted by molar-refractivity contribution is 6.02. The van der Waals surface area contributed by atoms with Gasteiger partial charge in [-0.15, -0.1) is 0 Å². The molecule has 2 aliphatic carbocycles. The lowest BCUT2D eigenvalue weighted by Crippen LogP contribution is -2.41. The SMILES string of the molecule is C=CC(=O)Nc1cc(-c2nn(C3CCN(CCNC(=O)[C@H](C)CCC4(C)CC5CC(C)CC(C5)C4)CC3)c3ncnc(N)c23)ccc1Oc1ccccc1. The molecule has 286 valence electrons. The van der Waals surface area contributed by atoms with E-state index in [1.54, 1.807) is 0 Å². The Morgan fingerprint density at radius 3 is 2.54 bits per heavy atom. The van der Waals surface area contributed by atoms with Crippen molar-refractivity contribution in [1.82, 2.24) is 30.0 Å². The molecule has 2 aromatic carbocycles. The molecule has 2 bridgehead atoms. The van der Waals surface area contributed by atoms with Crippen LogP contribution in [-0.2, 0) is 9.59 Å². The summed E-state index contributed by atoms with van der Waals surface area (Å²) in [5.74, 6) is 3.98. The molecule has 11 heteroatoms. The Morgan fingerprint density at radius 1 is 1.07 bits per heavy atom. The molecule has 4 N–H and O–H groups in total. The van der Waals surface area contributed by atoms with Crippen molar-refractivity contribution in [3.63, 3.8) is 0 Å². The number of hydrogen-bond acceptors (Lipinski definition) is 8. The number of nitrogens with two attached hydrogens (primary N) is 1. The highest BCUT2D eigenvalue weighted by atomic mass is 16.5. The summed E-state index contributed by atoms with van der Waals surface area (Å²) >= 11 is 0. The summed E-state index contributed by atoms with van der Waals surface area (Å²) in [6.45, 7) is 13.8. The number of fused-ring (bicyclic) bond motifs is 3. The van der Waals surface area contributed by atoms with Gasteiger partial charge in [-0.1, -0.05) is 45.5 Å². The van der Waals surface area contributed by atoms with E-state index < -0.39 is 0 Å². The van der Waals surface area contributed by atoms with E-state index in [1.807, 2.05) is 53.2 Å². The van der Waals surface area contributed by atoms with Gasteiger partial charge in [-0.25, -0.2) is 14.6 Å². The Kier molecular flexibility index (Phi) is 11.3. The number of amides is 2. The number of piperidine rings is 1. The number of carbonyl (C=O) groups excluding carboxylic acids is 2. The average Bonchev–Trinajstić information content (AvgIpc) is 3.55. The number of benzene rings is 2. The van der Waals surface area contributed by atoms with E-state index in [1.165, 1.54) is 44.5 Å². The molecule has 3 aliphatic rings. The minimum atomic E-state index is -0.357. The molecule has 2 aromatic heterocycles. The van der Waals surface area contributed by atoms with E-state index >= 15 is 0 Å². The molecule has 4 aromatic rings. The van der Waals surface area contributed by atoms with Gasteiger partial charge < -0.3 is 26.0 Å². The molecule has 11 nitrogen and oxygen atoms in total. The van der Waals surface area contributed by atoms with Crippen LogP contribution in [0.3, 0.4) is 0 Å². The maximum absolute atomic E-state index is 13.1. The maximum Gasteiger partial charge on any atom is 0.247 e. The molecule has 3 atom stereocenters. The van der Waals surface area contributed by atoms with Crippen molar-refractivity contribution >= 4 is 34.4 Å². The van der Waals surface area contributed by atoms with Crippen LogP contribution in [0, 0.1) is 29.1 Å². The minimum absolute atomic E-state index is 0.0342. The molecule has 2 amide bonds. The first-order valence-electron chi connectivity index (χ1n) is 19.9. The van der Waals surface area contributed by atoms with Crippen LogP contribution in [-0.4, -0.2) is 62.6 Å². The van der Waals surface area contributed by atoms with Gasteiger partial charge in [-0.05, 0) is 117 Å². The van der Waals surface area contributed by atoms with Gasteiger partial charge in [-0.2, -0.15) is 5.10 Å². The number of ether oxygens (including phenoxy) is 1. The lowest BCUT2D eigenvalue weighted by molar-refractivity contribution is -0.125. The quantitative estimate of drug-likeness (QED) is 0.118. The van der Waals surface area contributed by atoms with E-state index in [4.69, 9.17) is 15.6 Å². The number of carbonyl (C=O) groups is 2. The van der Waals surface area contributed by atoms with Gasteiger partial charge in [-0.3, -0.25) is 9.59 Å². The van der Waals surface area contributed by atoms with Crippen LogP contribution in [0.5, 0.6) is 11.5 Å². The van der Waals surface area contributed by atoms with Crippen LogP contribution in [0.2, 0.25) is 0 Å². The second-order valence-corrected chi connectivity index (χ2v) is 16.6. The van der Waals surface area contributed by atoms with Crippen LogP contribution >= 0.6 is 0 Å². The smallest absolute Gasteiger partial charge is 0.247 e. The number of hydrogen-bond donors (Lipinski definition) is 3. The van der Waals surface area contributed by atoms with Crippen LogP contribution in [0.15, 0.2) is 67.5 Å². The van der Waals surface area contributed by atoms with Crippen molar-refractivity contribution in [2.45, 2.75) is 84.6 Å². The first-order chi connectivity index (χ1) is 26.1. The summed E-state index contributed by atoms with van der Waals surface area (Å²) in [6.07, 6.45) is 13.5. The van der Waals surface area contributed by atoms with Crippen LogP contribution in [0.25, 0.3) is 22.3 Å². The van der Waals surface area contributed by atoms with Gasteiger partial charge >= 0.3 is 0 Å². The number of aromatic nitrogens is 4. The van der Waals surface area contributed by atoms with E-state index in [0.29, 0.717) is 51.7 Å². The van der Waals surface area contributed by atoms with Crippen molar-refractivity contribution in [1.29, 1.82) is 0 Å². The fraction of sp³-hybridized carbons (Fsp3) is 0.512. The van der Waals surface area contributed by atoms with Gasteiger partial charge in [0.2, 0.25) is 11.8 Å². The summed E-state index contributed by atoms with van der Waals surface area (Å²) in [5.41, 5.74) is 9.39. The summed E-state index contributed by atoms with van der Waals surface area (Å²) in [7, 11) is 0. The third-order valence-electron chi connectivity index (χ3n) is 12.1. The Labute approximate surface area is 319 Å². The summed E-state index contributed by atoms with van der Waals surface area (Å²) < 4.78 is 8.11. The number of nitrogen functional groups attached to an aromatic ring is 1. The average molecular weight is 733 g/mol. The third-order valence-corrected chi connectivity index (χ3v) is 12.1. The van der Waals surface area contributed by atoms with E-state index in [2.05, 4.69) is 52.9 Å². The normalized spacial score (nSPS) is 23.8. The molecule has 1 saturated heterocycles. The largest absolute Gasteiger partial charge is 0.455 e. The number of likely N-dealkylation sites (tertiary alicyclic amines) is 1. The summed E-state index contributed by atoms with van der Waals surface area (Å²) in [6, 6.07) is 15.1. The Balaban J connectivity index is 0.960. The first-order valence-corrected chi connectivity index (χ1v) is 19.9. The van der Waals surface area contributed by atoms with Gasteiger partial charge in [0.05, 0.1) is 17.1 Å². The van der Waals surface area contributed by atoms with Crippen LogP contribution in [0.1, 0.15) is 84.6 Å². The number of anilines is 2. The topological polar surface area (TPSA) is 140 Å². The van der Waals surface area contributed by atoms with Gasteiger partial charge in [0, 0.05) is 37.7 Å². The highest BCUT2D eigenvalue weighted by Gasteiger charge is 2.41. The molecule has 0 spiro atoms. The maximum atomic E-state index is 13.1. The molecule has 3 fully saturated rings. The summed E-state index contributed by atoms with van der Waals surface area (Å²) in [5, 5.41) is 11.9. The molecule has 7 rings (SSSR count). The van der Waals surface area contributed by atoms with Gasteiger partial charge in [0.25, 0.3) is 0 Å². The van der Waals surface area contributed by atoms with Crippen molar-refractivity contribution in [3.05, 3.63) is 67.5 Å². The number of rotatable bonds is 13. The molecular formula is C43H56N8O3. The van der Waals surface area contributed by atoms with E-state index in [0.717, 1.165) is 68.6 Å². The second-order valence-electron chi connectivity index (χ2n) is 16.6. The molecule has 54 heavy (non-hydrogen) atoms. The fourth-order valence-corrected chi connectivity index (χ4v) is 9.62. The first kappa shape index (κ1) is 37.5. The second kappa shape index (κ2) is 16.3.